The van der Waals surface area contributed by atoms with Crippen LogP contribution in [0.5, 0.6) is 0 Å². The number of benzene rings is 1. The Bertz CT molecular complexity index is 591. The maximum Gasteiger partial charge on any atom is 0.152 e. The summed E-state index contributed by atoms with van der Waals surface area (Å²) < 4.78 is 15.3. The molecule has 0 spiro atoms. The molecule has 0 bridgehead atoms. The fraction of sp³-hybridized carbons (Fsp3) is 0.429. The van der Waals surface area contributed by atoms with Crippen molar-refractivity contribution in [1.82, 2.24) is 14.8 Å². The summed E-state index contributed by atoms with van der Waals surface area (Å²) in [7, 11) is 1.92. The van der Waals surface area contributed by atoms with Crippen LogP contribution in [0.3, 0.4) is 0 Å². The quantitative estimate of drug-likeness (QED) is 0.882. The second-order valence-electron chi connectivity index (χ2n) is 5.06. The summed E-state index contributed by atoms with van der Waals surface area (Å²) in [5.41, 5.74) is 1.60. The second-order valence-corrected chi connectivity index (χ2v) is 5.06. The van der Waals surface area contributed by atoms with E-state index in [2.05, 4.69) is 20.8 Å². The Morgan fingerprint density at radius 1 is 1.25 bits per heavy atom. The van der Waals surface area contributed by atoms with Gasteiger partial charge in [0.2, 0.25) is 0 Å². The van der Waals surface area contributed by atoms with Crippen molar-refractivity contribution in [3.8, 4) is 0 Å². The molecule has 0 aliphatic heterocycles. The summed E-state index contributed by atoms with van der Waals surface area (Å²) in [6.45, 7) is 6.47. The molecular formula is C14H20FN5. The highest BCUT2D eigenvalue weighted by atomic mass is 19.1. The average molecular weight is 277 g/mol. The zero-order chi connectivity index (χ0) is 14.7. The van der Waals surface area contributed by atoms with E-state index in [1.165, 1.54) is 12.1 Å². The van der Waals surface area contributed by atoms with Crippen LogP contribution in [0.15, 0.2) is 18.2 Å². The van der Waals surface area contributed by atoms with Gasteiger partial charge in [-0.05, 0) is 39.0 Å². The largest absolute Gasteiger partial charge is 0.381 e. The maximum absolute atomic E-state index is 13.3. The highest BCUT2D eigenvalue weighted by Gasteiger charge is 2.08. The third kappa shape index (κ3) is 3.26. The predicted molar refractivity (Wildman–Crippen MR) is 78.2 cm³/mol. The van der Waals surface area contributed by atoms with Crippen molar-refractivity contribution in [2.45, 2.75) is 33.4 Å². The monoisotopic (exact) mass is 277 g/mol. The van der Waals surface area contributed by atoms with Crippen molar-refractivity contribution in [2.75, 3.05) is 10.6 Å². The number of aryl methyl sites for hydroxylation is 1. The SMILES string of the molecule is Cc1nnc(CNc2ccc(F)cc2NC(C)C)n1C. The summed E-state index contributed by atoms with van der Waals surface area (Å²) in [5.74, 6) is 1.44. The molecule has 0 saturated heterocycles. The first-order chi connectivity index (χ1) is 9.47. The zero-order valence-electron chi connectivity index (χ0n) is 12.2. The number of nitrogens with zero attached hydrogens (tertiary/aromatic N) is 3. The number of hydrogen-bond donors (Lipinski definition) is 2. The number of aromatic nitrogens is 3. The van der Waals surface area contributed by atoms with Crippen molar-refractivity contribution in [1.29, 1.82) is 0 Å². The molecule has 6 heteroatoms. The van der Waals surface area contributed by atoms with E-state index in [1.54, 1.807) is 6.07 Å². The van der Waals surface area contributed by atoms with Gasteiger partial charge < -0.3 is 15.2 Å². The van der Waals surface area contributed by atoms with E-state index < -0.39 is 0 Å². The molecule has 0 atom stereocenters. The molecule has 0 fully saturated rings. The smallest absolute Gasteiger partial charge is 0.152 e. The van der Waals surface area contributed by atoms with Gasteiger partial charge in [-0.15, -0.1) is 10.2 Å². The van der Waals surface area contributed by atoms with Crippen LogP contribution in [0, 0.1) is 12.7 Å². The molecule has 20 heavy (non-hydrogen) atoms. The lowest BCUT2D eigenvalue weighted by atomic mass is 10.2. The van der Waals surface area contributed by atoms with Crippen LogP contribution >= 0.6 is 0 Å². The lowest BCUT2D eigenvalue weighted by Crippen LogP contribution is -2.13. The van der Waals surface area contributed by atoms with Gasteiger partial charge in [0, 0.05) is 13.1 Å². The third-order valence-corrected chi connectivity index (χ3v) is 3.05. The Kier molecular flexibility index (Phi) is 4.22. The van der Waals surface area contributed by atoms with Crippen molar-refractivity contribution < 1.29 is 4.39 Å². The molecule has 1 aromatic heterocycles. The second kappa shape index (κ2) is 5.90. The normalized spacial score (nSPS) is 10.9. The molecule has 0 aliphatic rings. The maximum atomic E-state index is 13.3. The first-order valence-electron chi connectivity index (χ1n) is 6.62. The van der Waals surface area contributed by atoms with Gasteiger partial charge in [-0.3, -0.25) is 0 Å². The van der Waals surface area contributed by atoms with Crippen molar-refractivity contribution in [3.63, 3.8) is 0 Å². The Hall–Kier alpha value is -2.11. The van der Waals surface area contributed by atoms with E-state index in [4.69, 9.17) is 0 Å². The third-order valence-electron chi connectivity index (χ3n) is 3.05. The Morgan fingerprint density at radius 3 is 2.60 bits per heavy atom. The highest BCUT2D eigenvalue weighted by Crippen LogP contribution is 2.24. The molecule has 5 nitrogen and oxygen atoms in total. The van der Waals surface area contributed by atoms with E-state index >= 15 is 0 Å². The molecule has 0 unspecified atom stereocenters. The summed E-state index contributed by atoms with van der Waals surface area (Å²) in [4.78, 5) is 0. The Morgan fingerprint density at radius 2 is 2.00 bits per heavy atom. The zero-order valence-corrected chi connectivity index (χ0v) is 12.2. The minimum atomic E-state index is -0.256. The fourth-order valence-electron chi connectivity index (χ4n) is 1.88. The molecule has 1 aromatic carbocycles. The van der Waals surface area contributed by atoms with Crippen LogP contribution in [0.2, 0.25) is 0 Å². The van der Waals surface area contributed by atoms with Crippen LogP contribution < -0.4 is 10.6 Å². The van der Waals surface area contributed by atoms with Crippen LogP contribution in [-0.4, -0.2) is 20.8 Å². The van der Waals surface area contributed by atoms with Crippen LogP contribution in [0.1, 0.15) is 25.5 Å². The molecular weight excluding hydrogens is 257 g/mol. The number of halogens is 1. The van der Waals surface area contributed by atoms with Gasteiger partial charge in [0.05, 0.1) is 17.9 Å². The van der Waals surface area contributed by atoms with Gasteiger partial charge in [0.1, 0.15) is 11.6 Å². The van der Waals surface area contributed by atoms with Crippen molar-refractivity contribution in [3.05, 3.63) is 35.7 Å². The van der Waals surface area contributed by atoms with Crippen LogP contribution in [-0.2, 0) is 13.6 Å². The topological polar surface area (TPSA) is 54.8 Å². The van der Waals surface area contributed by atoms with Gasteiger partial charge in [0.25, 0.3) is 0 Å². The first kappa shape index (κ1) is 14.3. The van der Waals surface area contributed by atoms with Crippen molar-refractivity contribution in [2.24, 2.45) is 7.05 Å². The standard InChI is InChI=1S/C14H20FN5/c1-9(2)17-13-7-11(15)5-6-12(13)16-8-14-19-18-10(3)20(14)4/h5-7,9,16-17H,8H2,1-4H3. The van der Waals surface area contributed by atoms with E-state index in [0.29, 0.717) is 6.54 Å². The summed E-state index contributed by atoms with van der Waals surface area (Å²) in [6, 6.07) is 4.89. The molecule has 0 aliphatic carbocycles. The van der Waals surface area contributed by atoms with Gasteiger partial charge in [-0.25, -0.2) is 4.39 Å². The summed E-state index contributed by atoms with van der Waals surface area (Å²) in [5, 5.41) is 14.6. The average Bonchev–Trinajstić information content (AvgIpc) is 2.69. The molecule has 2 aromatic rings. The van der Waals surface area contributed by atoms with E-state index in [1.807, 2.05) is 32.4 Å². The molecule has 1 heterocycles. The molecule has 2 N–H and O–H groups in total. The highest BCUT2D eigenvalue weighted by molar-refractivity contribution is 5.69. The van der Waals surface area contributed by atoms with E-state index in [9.17, 15) is 4.39 Å². The lowest BCUT2D eigenvalue weighted by molar-refractivity contribution is 0.628. The minimum Gasteiger partial charge on any atom is -0.381 e. The minimum absolute atomic E-state index is 0.231. The fourth-order valence-corrected chi connectivity index (χ4v) is 1.88. The molecule has 108 valence electrons. The van der Waals surface area contributed by atoms with E-state index in [-0.39, 0.29) is 11.9 Å². The van der Waals surface area contributed by atoms with Gasteiger partial charge in [-0.1, -0.05) is 0 Å². The van der Waals surface area contributed by atoms with Crippen LogP contribution in [0.25, 0.3) is 0 Å². The van der Waals surface area contributed by atoms with E-state index in [0.717, 1.165) is 23.0 Å². The number of hydrogen-bond acceptors (Lipinski definition) is 4. The summed E-state index contributed by atoms with van der Waals surface area (Å²) >= 11 is 0. The Labute approximate surface area is 118 Å². The molecule has 2 rings (SSSR count). The van der Waals surface area contributed by atoms with Gasteiger partial charge in [-0.2, -0.15) is 0 Å². The molecule has 0 saturated carbocycles. The van der Waals surface area contributed by atoms with Crippen molar-refractivity contribution >= 4 is 11.4 Å². The number of nitrogens with one attached hydrogen (secondary N) is 2. The Balaban J connectivity index is 2.14. The molecule has 0 radical (unpaired) electrons. The van der Waals surface area contributed by atoms with Crippen LogP contribution in [0.4, 0.5) is 15.8 Å². The number of rotatable bonds is 5. The first-order valence-corrected chi connectivity index (χ1v) is 6.62. The summed E-state index contributed by atoms with van der Waals surface area (Å²) in [6.07, 6.45) is 0. The molecule has 0 amide bonds. The number of anilines is 2. The predicted octanol–water partition coefficient (Wildman–Crippen LogP) is 2.70. The lowest BCUT2D eigenvalue weighted by Gasteiger charge is -2.16. The van der Waals surface area contributed by atoms with Gasteiger partial charge in [0.15, 0.2) is 5.82 Å². The van der Waals surface area contributed by atoms with Gasteiger partial charge >= 0.3 is 0 Å².